The van der Waals surface area contributed by atoms with Gasteiger partial charge in [0, 0.05) is 25.4 Å². The lowest BCUT2D eigenvalue weighted by atomic mass is 9.86. The van der Waals surface area contributed by atoms with Gasteiger partial charge >= 0.3 is 5.92 Å². The summed E-state index contributed by atoms with van der Waals surface area (Å²) < 4.78 is 51.8. The Hall–Kier alpha value is -2.32. The van der Waals surface area contributed by atoms with Crippen molar-refractivity contribution < 1.29 is 22.0 Å². The van der Waals surface area contributed by atoms with Gasteiger partial charge in [0.2, 0.25) is 10.0 Å². The minimum atomic E-state index is -3.82. The van der Waals surface area contributed by atoms with Crippen LogP contribution in [0.25, 0.3) is 11.1 Å². The maximum Gasteiger partial charge on any atom is 0.322 e. The van der Waals surface area contributed by atoms with Crippen molar-refractivity contribution in [3.63, 3.8) is 0 Å². The number of carbonyl (C=O) groups is 1. The van der Waals surface area contributed by atoms with E-state index in [1.807, 2.05) is 54.6 Å². The SMILES string of the molecule is CC(F)(F)C(=O)N1CC2(CC2)C(CS(N)(=O)=O)C1Cc1cccc(-c2ccccc2)c1. The first-order chi connectivity index (χ1) is 14.5. The van der Waals surface area contributed by atoms with Gasteiger partial charge in [-0.2, -0.15) is 8.78 Å². The van der Waals surface area contributed by atoms with Crippen LogP contribution in [0.4, 0.5) is 8.78 Å². The first-order valence-corrected chi connectivity index (χ1v) is 12.0. The first kappa shape index (κ1) is 21.9. The standard InChI is InChI=1S/C23H26F2N2O3S/c1-22(24,25)21(28)27-15-23(10-11-23)19(14-31(26,29)30)20(27)13-16-6-5-9-18(12-16)17-7-3-2-4-8-17/h2-9,12,19-20H,10-11,13-15H2,1H3,(H2,26,29,30). The molecule has 2 atom stereocenters. The van der Waals surface area contributed by atoms with E-state index in [1.54, 1.807) is 0 Å². The maximum atomic E-state index is 14.0. The summed E-state index contributed by atoms with van der Waals surface area (Å²) in [5.74, 6) is -5.54. The van der Waals surface area contributed by atoms with Crippen LogP contribution in [0.15, 0.2) is 54.6 Å². The molecule has 2 unspecified atom stereocenters. The van der Waals surface area contributed by atoms with Gasteiger partial charge in [-0.25, -0.2) is 13.6 Å². The molecule has 0 aromatic heterocycles. The molecule has 8 heteroatoms. The van der Waals surface area contributed by atoms with E-state index in [2.05, 4.69) is 0 Å². The largest absolute Gasteiger partial charge is 0.333 e. The highest BCUT2D eigenvalue weighted by Crippen LogP contribution is 2.59. The van der Waals surface area contributed by atoms with Crippen LogP contribution < -0.4 is 5.14 Å². The second-order valence-corrected chi connectivity index (χ2v) is 10.6. The van der Waals surface area contributed by atoms with Crippen molar-refractivity contribution in [3.8, 4) is 11.1 Å². The number of nitrogens with zero attached hydrogens (tertiary/aromatic N) is 1. The molecule has 0 radical (unpaired) electrons. The Morgan fingerprint density at radius 3 is 2.35 bits per heavy atom. The summed E-state index contributed by atoms with van der Waals surface area (Å²) in [4.78, 5) is 13.8. The molecule has 1 spiro atoms. The van der Waals surface area contributed by atoms with Crippen LogP contribution in [0.5, 0.6) is 0 Å². The molecule has 1 aliphatic carbocycles. The second-order valence-electron chi connectivity index (χ2n) is 8.96. The molecule has 2 aromatic carbocycles. The molecule has 1 saturated heterocycles. The normalized spacial score (nSPS) is 22.6. The van der Waals surface area contributed by atoms with E-state index >= 15 is 0 Å². The second kappa shape index (κ2) is 7.67. The molecule has 2 fully saturated rings. The van der Waals surface area contributed by atoms with Gasteiger partial charge in [0.25, 0.3) is 5.91 Å². The monoisotopic (exact) mass is 448 g/mol. The van der Waals surface area contributed by atoms with Gasteiger partial charge in [0.05, 0.1) is 5.75 Å². The highest BCUT2D eigenvalue weighted by atomic mass is 32.2. The van der Waals surface area contributed by atoms with Crippen LogP contribution in [0.2, 0.25) is 0 Å². The van der Waals surface area contributed by atoms with Crippen LogP contribution in [-0.2, 0) is 21.2 Å². The van der Waals surface area contributed by atoms with E-state index in [9.17, 15) is 22.0 Å². The number of carbonyl (C=O) groups excluding carboxylic acids is 1. The van der Waals surface area contributed by atoms with Gasteiger partial charge in [-0.1, -0.05) is 54.6 Å². The van der Waals surface area contributed by atoms with E-state index in [1.165, 1.54) is 4.90 Å². The molecule has 1 amide bonds. The topological polar surface area (TPSA) is 80.5 Å². The molecule has 2 aromatic rings. The molecule has 1 heterocycles. The lowest BCUT2D eigenvalue weighted by Crippen LogP contribution is -2.47. The molecule has 166 valence electrons. The fourth-order valence-electron chi connectivity index (χ4n) is 4.90. The quantitative estimate of drug-likeness (QED) is 0.735. The van der Waals surface area contributed by atoms with E-state index < -0.39 is 39.2 Å². The smallest absolute Gasteiger partial charge is 0.322 e. The minimum absolute atomic E-state index is 0.151. The number of hydrogen-bond donors (Lipinski definition) is 1. The van der Waals surface area contributed by atoms with E-state index in [0.717, 1.165) is 16.7 Å². The zero-order valence-electron chi connectivity index (χ0n) is 17.3. The lowest BCUT2D eigenvalue weighted by Gasteiger charge is -2.30. The number of nitrogens with two attached hydrogens (primary N) is 1. The Bertz CT molecular complexity index is 1080. The summed E-state index contributed by atoms with van der Waals surface area (Å²) in [6, 6.07) is 16.8. The number of primary sulfonamides is 1. The van der Waals surface area contributed by atoms with Crippen LogP contribution in [-0.4, -0.2) is 43.5 Å². The predicted octanol–water partition coefficient (Wildman–Crippen LogP) is 3.45. The Kier molecular flexibility index (Phi) is 5.42. The van der Waals surface area contributed by atoms with Gasteiger partial charge in [0.1, 0.15) is 0 Å². The number of halogens is 2. The third-order valence-corrected chi connectivity index (χ3v) is 7.38. The molecular formula is C23H26F2N2O3S. The Labute approximate surface area is 181 Å². The average Bonchev–Trinajstić information content (AvgIpc) is 3.43. The summed E-state index contributed by atoms with van der Waals surface area (Å²) in [6.45, 7) is 0.744. The van der Waals surface area contributed by atoms with E-state index in [4.69, 9.17) is 5.14 Å². The van der Waals surface area contributed by atoms with Crippen molar-refractivity contribution in [2.24, 2.45) is 16.5 Å². The van der Waals surface area contributed by atoms with Gasteiger partial charge in [-0.05, 0) is 41.4 Å². The van der Waals surface area contributed by atoms with Crippen LogP contribution in [0.3, 0.4) is 0 Å². The van der Waals surface area contributed by atoms with Crippen molar-refractivity contribution in [2.75, 3.05) is 12.3 Å². The summed E-state index contributed by atoms with van der Waals surface area (Å²) >= 11 is 0. The van der Waals surface area contributed by atoms with Gasteiger partial charge in [-0.15, -0.1) is 0 Å². The molecular weight excluding hydrogens is 422 g/mol. The molecule has 5 nitrogen and oxygen atoms in total. The van der Waals surface area contributed by atoms with Crippen LogP contribution in [0, 0.1) is 11.3 Å². The molecule has 4 rings (SSSR count). The number of alkyl halides is 2. The molecule has 0 bridgehead atoms. The van der Waals surface area contributed by atoms with Gasteiger partial charge in [0.15, 0.2) is 0 Å². The van der Waals surface area contributed by atoms with Crippen molar-refractivity contribution in [1.82, 2.24) is 4.90 Å². The molecule has 31 heavy (non-hydrogen) atoms. The Morgan fingerprint density at radius 2 is 1.77 bits per heavy atom. The minimum Gasteiger partial charge on any atom is -0.333 e. The Morgan fingerprint density at radius 1 is 1.13 bits per heavy atom. The fraction of sp³-hybridized carbons (Fsp3) is 0.435. The molecule has 2 N–H and O–H groups in total. The predicted molar refractivity (Wildman–Crippen MR) is 115 cm³/mol. The fourth-order valence-corrected chi connectivity index (χ4v) is 5.98. The molecule has 1 aliphatic heterocycles. The number of benzene rings is 2. The summed E-state index contributed by atoms with van der Waals surface area (Å²) in [5.41, 5.74) is 2.41. The van der Waals surface area contributed by atoms with Crippen molar-refractivity contribution in [2.45, 2.75) is 38.2 Å². The highest BCUT2D eigenvalue weighted by Gasteiger charge is 2.62. The summed E-state index contributed by atoms with van der Waals surface area (Å²) in [6.07, 6.45) is 1.73. The van der Waals surface area contributed by atoms with Gasteiger partial charge < -0.3 is 4.90 Å². The third-order valence-electron chi connectivity index (χ3n) is 6.56. The zero-order chi connectivity index (χ0) is 22.4. The summed E-state index contributed by atoms with van der Waals surface area (Å²) in [7, 11) is -3.82. The number of rotatable bonds is 6. The van der Waals surface area contributed by atoms with E-state index in [0.29, 0.717) is 26.2 Å². The van der Waals surface area contributed by atoms with Crippen LogP contribution in [0.1, 0.15) is 25.3 Å². The Balaban J connectivity index is 1.69. The number of sulfonamides is 1. The van der Waals surface area contributed by atoms with Gasteiger partial charge in [-0.3, -0.25) is 4.79 Å². The lowest BCUT2D eigenvalue weighted by molar-refractivity contribution is -0.156. The summed E-state index contributed by atoms with van der Waals surface area (Å²) in [5, 5.41) is 5.35. The average molecular weight is 449 g/mol. The van der Waals surface area contributed by atoms with Crippen LogP contribution >= 0.6 is 0 Å². The molecule has 1 saturated carbocycles. The first-order valence-electron chi connectivity index (χ1n) is 10.3. The van der Waals surface area contributed by atoms with Crippen molar-refractivity contribution >= 4 is 15.9 Å². The van der Waals surface area contributed by atoms with E-state index in [-0.39, 0.29) is 12.3 Å². The maximum absolute atomic E-state index is 14.0. The number of amides is 1. The number of hydrogen-bond acceptors (Lipinski definition) is 3. The number of likely N-dealkylation sites (tertiary alicyclic amines) is 1. The third kappa shape index (κ3) is 4.65. The molecule has 2 aliphatic rings. The van der Waals surface area contributed by atoms with Crippen molar-refractivity contribution in [1.29, 1.82) is 0 Å². The highest BCUT2D eigenvalue weighted by molar-refractivity contribution is 7.89. The van der Waals surface area contributed by atoms with Crippen molar-refractivity contribution in [3.05, 3.63) is 60.2 Å². The zero-order valence-corrected chi connectivity index (χ0v) is 18.1.